The van der Waals surface area contributed by atoms with Crippen molar-refractivity contribution < 1.29 is 0 Å². The first kappa shape index (κ1) is 13.9. The lowest BCUT2D eigenvalue weighted by atomic mass is 10.2. The molecule has 0 amide bonds. The summed E-state index contributed by atoms with van der Waals surface area (Å²) in [6.07, 6.45) is 2.98. The minimum absolute atomic E-state index is 0.129. The molecular formula is C16H18N4S. The van der Waals surface area contributed by atoms with Crippen molar-refractivity contribution in [3.8, 4) is 0 Å². The number of para-hydroxylation sites is 2. The maximum Gasteiger partial charge on any atom is 0.148 e. The summed E-state index contributed by atoms with van der Waals surface area (Å²) in [4.78, 5) is 15.1. The van der Waals surface area contributed by atoms with E-state index < -0.39 is 0 Å². The van der Waals surface area contributed by atoms with Crippen molar-refractivity contribution in [1.29, 1.82) is 0 Å². The first-order valence-electron chi connectivity index (χ1n) is 7.12. The molecular weight excluding hydrogens is 280 g/mol. The van der Waals surface area contributed by atoms with Crippen molar-refractivity contribution in [3.63, 3.8) is 0 Å². The fourth-order valence-corrected chi connectivity index (χ4v) is 3.04. The van der Waals surface area contributed by atoms with E-state index in [0.717, 1.165) is 34.0 Å². The Morgan fingerprint density at radius 2 is 1.90 bits per heavy atom. The van der Waals surface area contributed by atoms with Crippen molar-refractivity contribution in [2.24, 2.45) is 0 Å². The molecule has 0 fully saturated rings. The highest BCUT2D eigenvalue weighted by Crippen LogP contribution is 2.25. The summed E-state index contributed by atoms with van der Waals surface area (Å²) in [6, 6.07) is 8.05. The number of hydrogen-bond donors (Lipinski definition) is 1. The molecule has 4 nitrogen and oxygen atoms in total. The molecule has 3 rings (SSSR count). The van der Waals surface area contributed by atoms with Gasteiger partial charge in [0.15, 0.2) is 0 Å². The van der Waals surface area contributed by atoms with Gasteiger partial charge in [-0.15, -0.1) is 11.3 Å². The van der Waals surface area contributed by atoms with Crippen LogP contribution in [0.1, 0.15) is 35.5 Å². The number of nitrogens with one attached hydrogen (secondary N) is 1. The normalized spacial score (nSPS) is 12.5. The summed E-state index contributed by atoms with van der Waals surface area (Å²) in [6.45, 7) is 6.23. The van der Waals surface area contributed by atoms with Crippen LogP contribution in [-0.4, -0.2) is 15.0 Å². The standard InChI is InChI=1S/C16H18N4S/c1-4-12-9-17-16(21-12)11(3)19-15-10(2)18-13-7-5-6-8-14(13)20-15/h5-9,11H,4H2,1-3H3,(H,19,20). The highest BCUT2D eigenvalue weighted by Gasteiger charge is 2.13. The van der Waals surface area contributed by atoms with E-state index in [9.17, 15) is 0 Å². The van der Waals surface area contributed by atoms with Gasteiger partial charge >= 0.3 is 0 Å². The first-order chi connectivity index (χ1) is 10.2. The van der Waals surface area contributed by atoms with Crippen LogP contribution in [0.5, 0.6) is 0 Å². The topological polar surface area (TPSA) is 50.7 Å². The predicted octanol–water partition coefficient (Wildman–Crippen LogP) is 4.13. The number of aromatic nitrogens is 3. The molecule has 1 atom stereocenters. The van der Waals surface area contributed by atoms with Crippen LogP contribution >= 0.6 is 11.3 Å². The zero-order valence-electron chi connectivity index (χ0n) is 12.4. The summed E-state index contributed by atoms with van der Waals surface area (Å²) < 4.78 is 0. The van der Waals surface area contributed by atoms with Crippen LogP contribution in [0.3, 0.4) is 0 Å². The molecule has 108 valence electrons. The molecule has 5 heteroatoms. The monoisotopic (exact) mass is 298 g/mol. The highest BCUT2D eigenvalue weighted by atomic mass is 32.1. The van der Waals surface area contributed by atoms with Crippen molar-refractivity contribution in [1.82, 2.24) is 15.0 Å². The molecule has 2 aromatic heterocycles. The van der Waals surface area contributed by atoms with Gasteiger partial charge in [0.25, 0.3) is 0 Å². The lowest BCUT2D eigenvalue weighted by molar-refractivity contribution is 0.856. The number of aryl methyl sites for hydroxylation is 2. The van der Waals surface area contributed by atoms with Gasteiger partial charge in [0, 0.05) is 11.1 Å². The lowest BCUT2D eigenvalue weighted by Crippen LogP contribution is -2.09. The Bertz CT molecular complexity index is 766. The molecule has 0 radical (unpaired) electrons. The Kier molecular flexibility index (Phi) is 3.84. The molecule has 0 bridgehead atoms. The second kappa shape index (κ2) is 5.77. The van der Waals surface area contributed by atoms with Crippen LogP contribution < -0.4 is 5.32 Å². The highest BCUT2D eigenvalue weighted by molar-refractivity contribution is 7.11. The number of rotatable bonds is 4. The minimum Gasteiger partial charge on any atom is -0.360 e. The molecule has 1 N–H and O–H groups in total. The molecule has 1 unspecified atom stereocenters. The SMILES string of the molecule is CCc1cnc(C(C)Nc2nc3ccccc3nc2C)s1. The molecule has 0 aliphatic rings. The largest absolute Gasteiger partial charge is 0.360 e. The first-order valence-corrected chi connectivity index (χ1v) is 7.93. The molecule has 2 heterocycles. The Labute approximate surface area is 128 Å². The van der Waals surface area contributed by atoms with Crippen molar-refractivity contribution in [2.45, 2.75) is 33.2 Å². The minimum atomic E-state index is 0.129. The third-order valence-corrected chi connectivity index (χ3v) is 4.71. The molecule has 0 aliphatic heterocycles. The van der Waals surface area contributed by atoms with E-state index in [4.69, 9.17) is 0 Å². The Morgan fingerprint density at radius 3 is 2.57 bits per heavy atom. The summed E-state index contributed by atoms with van der Waals surface area (Å²) >= 11 is 1.75. The van der Waals surface area contributed by atoms with Crippen molar-refractivity contribution in [3.05, 3.63) is 46.0 Å². The Balaban J connectivity index is 1.88. The quantitative estimate of drug-likeness (QED) is 0.787. The van der Waals surface area contributed by atoms with Crippen LogP contribution in [0.15, 0.2) is 30.5 Å². The van der Waals surface area contributed by atoms with Gasteiger partial charge in [-0.25, -0.2) is 15.0 Å². The van der Waals surface area contributed by atoms with Gasteiger partial charge in [-0.1, -0.05) is 19.1 Å². The van der Waals surface area contributed by atoms with Gasteiger partial charge in [0.1, 0.15) is 10.8 Å². The zero-order chi connectivity index (χ0) is 14.8. The molecule has 0 saturated heterocycles. The van der Waals surface area contributed by atoms with Crippen LogP contribution in [0.25, 0.3) is 11.0 Å². The molecule has 0 saturated carbocycles. The lowest BCUT2D eigenvalue weighted by Gasteiger charge is -2.14. The Hall–Kier alpha value is -2.01. The fourth-order valence-electron chi connectivity index (χ4n) is 2.18. The van der Waals surface area contributed by atoms with E-state index in [1.54, 1.807) is 11.3 Å². The fraction of sp³-hybridized carbons (Fsp3) is 0.312. The van der Waals surface area contributed by atoms with Crippen LogP contribution in [0.4, 0.5) is 5.82 Å². The van der Waals surface area contributed by atoms with Crippen molar-refractivity contribution in [2.75, 3.05) is 5.32 Å². The molecule has 0 spiro atoms. The van der Waals surface area contributed by atoms with Gasteiger partial charge in [-0.05, 0) is 32.4 Å². The van der Waals surface area contributed by atoms with Gasteiger partial charge in [-0.3, -0.25) is 0 Å². The van der Waals surface area contributed by atoms with Crippen LogP contribution in [0.2, 0.25) is 0 Å². The summed E-state index contributed by atoms with van der Waals surface area (Å²) in [5, 5.41) is 4.51. The van der Waals surface area contributed by atoms with Crippen LogP contribution in [0, 0.1) is 6.92 Å². The average Bonchev–Trinajstić information content (AvgIpc) is 2.97. The van der Waals surface area contributed by atoms with E-state index in [1.165, 1.54) is 4.88 Å². The number of anilines is 1. The molecule has 1 aromatic carbocycles. The Morgan fingerprint density at radius 1 is 1.19 bits per heavy atom. The summed E-state index contributed by atoms with van der Waals surface area (Å²) in [5.41, 5.74) is 2.75. The van der Waals surface area contributed by atoms with Gasteiger partial charge < -0.3 is 5.32 Å². The zero-order valence-corrected chi connectivity index (χ0v) is 13.2. The summed E-state index contributed by atoms with van der Waals surface area (Å²) in [5.74, 6) is 0.828. The summed E-state index contributed by atoms with van der Waals surface area (Å²) in [7, 11) is 0. The number of thiazole rings is 1. The van der Waals surface area contributed by atoms with E-state index in [2.05, 4.69) is 34.1 Å². The number of nitrogens with zero attached hydrogens (tertiary/aromatic N) is 3. The molecule has 0 aliphatic carbocycles. The third-order valence-electron chi connectivity index (χ3n) is 3.39. The molecule has 21 heavy (non-hydrogen) atoms. The molecule has 3 aromatic rings. The van der Waals surface area contributed by atoms with E-state index >= 15 is 0 Å². The van der Waals surface area contributed by atoms with Crippen LogP contribution in [-0.2, 0) is 6.42 Å². The van der Waals surface area contributed by atoms with E-state index in [0.29, 0.717) is 0 Å². The van der Waals surface area contributed by atoms with E-state index in [-0.39, 0.29) is 6.04 Å². The number of benzene rings is 1. The predicted molar refractivity (Wildman–Crippen MR) is 87.8 cm³/mol. The second-order valence-electron chi connectivity index (χ2n) is 5.03. The third kappa shape index (κ3) is 2.88. The number of hydrogen-bond acceptors (Lipinski definition) is 5. The maximum atomic E-state index is 4.67. The number of fused-ring (bicyclic) bond motifs is 1. The maximum absolute atomic E-state index is 4.67. The smallest absolute Gasteiger partial charge is 0.148 e. The van der Waals surface area contributed by atoms with Gasteiger partial charge in [0.2, 0.25) is 0 Å². The van der Waals surface area contributed by atoms with E-state index in [1.807, 2.05) is 37.4 Å². The van der Waals surface area contributed by atoms with Crippen molar-refractivity contribution >= 4 is 28.2 Å². The van der Waals surface area contributed by atoms with Gasteiger partial charge in [0.05, 0.1) is 22.8 Å². The average molecular weight is 298 g/mol. The second-order valence-corrected chi connectivity index (χ2v) is 6.18. The van der Waals surface area contributed by atoms with Gasteiger partial charge in [-0.2, -0.15) is 0 Å².